The van der Waals surface area contributed by atoms with Gasteiger partial charge in [-0.15, -0.1) is 0 Å². The van der Waals surface area contributed by atoms with Gasteiger partial charge in [-0.25, -0.2) is 0 Å². The highest BCUT2D eigenvalue weighted by Gasteiger charge is 2.63. The van der Waals surface area contributed by atoms with E-state index in [1.807, 2.05) is 19.1 Å². The number of esters is 1. The molecule has 0 amide bonds. The van der Waals surface area contributed by atoms with Crippen LogP contribution in [0.1, 0.15) is 129 Å². The molecule has 256 valence electrons. The summed E-state index contributed by atoms with van der Waals surface area (Å²) in [6.45, 7) is 13.5. The molecule has 0 radical (unpaired) electrons. The van der Waals surface area contributed by atoms with Crippen molar-refractivity contribution in [3.63, 3.8) is 0 Å². The van der Waals surface area contributed by atoms with E-state index in [1.54, 1.807) is 12.1 Å². The molecule has 4 bridgehead atoms. The van der Waals surface area contributed by atoms with E-state index >= 15 is 0 Å². The van der Waals surface area contributed by atoms with Crippen LogP contribution in [0.25, 0.3) is 0 Å². The Bertz CT molecular complexity index is 1400. The van der Waals surface area contributed by atoms with Crippen molar-refractivity contribution in [2.45, 2.75) is 136 Å². The highest BCUT2D eigenvalue weighted by atomic mass is 16.7. The molecule has 0 heterocycles. The highest BCUT2D eigenvalue weighted by Crippen LogP contribution is 2.66. The summed E-state index contributed by atoms with van der Waals surface area (Å²) in [6.07, 6.45) is 11.7. The van der Waals surface area contributed by atoms with Crippen LogP contribution in [0.3, 0.4) is 0 Å². The zero-order valence-electron chi connectivity index (χ0n) is 29.6. The molecule has 5 aliphatic rings. The lowest BCUT2D eigenvalue weighted by atomic mass is 9.70. The molecular weight excluding hydrogens is 584 g/mol. The van der Waals surface area contributed by atoms with E-state index < -0.39 is 0 Å². The molecule has 12 unspecified atom stereocenters. The van der Waals surface area contributed by atoms with E-state index in [2.05, 4.69) is 58.9 Å². The zero-order valence-corrected chi connectivity index (χ0v) is 29.6. The van der Waals surface area contributed by atoms with Crippen LogP contribution in [0, 0.1) is 46.3 Å². The minimum Gasteiger partial charge on any atom is -0.508 e. The Hall–Kier alpha value is -2.53. The molecule has 5 saturated carbocycles. The Kier molecular flexibility index (Phi) is 8.94. The number of fused-ring (bicyclic) bond motifs is 7. The van der Waals surface area contributed by atoms with E-state index in [1.165, 1.54) is 44.1 Å². The van der Waals surface area contributed by atoms with E-state index in [0.29, 0.717) is 18.4 Å². The number of hydrogen-bond acceptors (Lipinski definition) is 5. The third-order valence-electron chi connectivity index (χ3n) is 14.5. The molecule has 2 aromatic carbocycles. The number of benzene rings is 2. The smallest absolute Gasteiger partial charge is 0.309 e. The maximum atomic E-state index is 14.0. The Labute approximate surface area is 283 Å². The molecule has 7 rings (SSSR count). The number of carbonyl (C=O) groups is 1. The summed E-state index contributed by atoms with van der Waals surface area (Å²) in [5.74, 6) is 5.27. The molecule has 0 spiro atoms. The number of hydrogen-bond donors (Lipinski definition) is 1. The molecule has 12 atom stereocenters. The number of ether oxygens (including phenoxy) is 3. The van der Waals surface area contributed by atoms with Crippen molar-refractivity contribution >= 4 is 5.97 Å². The number of phenols is 1. The van der Waals surface area contributed by atoms with Gasteiger partial charge in [-0.1, -0.05) is 65.3 Å². The van der Waals surface area contributed by atoms with Gasteiger partial charge in [0.15, 0.2) is 6.29 Å². The molecule has 5 heteroatoms. The quantitative estimate of drug-likeness (QED) is 0.184. The molecule has 5 aliphatic carbocycles. The van der Waals surface area contributed by atoms with Crippen LogP contribution in [0.15, 0.2) is 48.5 Å². The van der Waals surface area contributed by atoms with Gasteiger partial charge in [0.1, 0.15) is 17.6 Å². The predicted molar refractivity (Wildman–Crippen MR) is 185 cm³/mol. The van der Waals surface area contributed by atoms with Crippen molar-refractivity contribution in [3.8, 4) is 11.5 Å². The highest BCUT2D eigenvalue weighted by molar-refractivity contribution is 5.73. The largest absolute Gasteiger partial charge is 0.508 e. The third kappa shape index (κ3) is 6.13. The van der Waals surface area contributed by atoms with Gasteiger partial charge in [-0.3, -0.25) is 4.79 Å². The summed E-state index contributed by atoms with van der Waals surface area (Å²) >= 11 is 0. The summed E-state index contributed by atoms with van der Waals surface area (Å²) in [5.41, 5.74) is 2.57. The van der Waals surface area contributed by atoms with Gasteiger partial charge in [0.05, 0.1) is 12.0 Å². The Morgan fingerprint density at radius 3 is 2.09 bits per heavy atom. The first-order valence-electron chi connectivity index (χ1n) is 18.8. The van der Waals surface area contributed by atoms with Crippen LogP contribution < -0.4 is 4.74 Å². The maximum Gasteiger partial charge on any atom is 0.309 e. The topological polar surface area (TPSA) is 65.0 Å². The summed E-state index contributed by atoms with van der Waals surface area (Å²) in [7, 11) is 0. The number of aromatic hydroxyl groups is 1. The molecule has 1 N–H and O–H groups in total. The first-order valence-corrected chi connectivity index (χ1v) is 18.8. The average Bonchev–Trinajstić information content (AvgIpc) is 3.83. The minimum absolute atomic E-state index is 0.00909. The molecule has 5 fully saturated rings. The van der Waals surface area contributed by atoms with Crippen molar-refractivity contribution < 1.29 is 24.1 Å². The van der Waals surface area contributed by atoms with Crippen LogP contribution in [0.4, 0.5) is 0 Å². The van der Waals surface area contributed by atoms with Gasteiger partial charge in [-0.05, 0) is 147 Å². The fourth-order valence-electron chi connectivity index (χ4n) is 11.3. The number of phenolic OH excluding ortho intramolecular Hbond substituents is 1. The van der Waals surface area contributed by atoms with Crippen molar-refractivity contribution in [1.29, 1.82) is 0 Å². The van der Waals surface area contributed by atoms with Crippen LogP contribution in [0.5, 0.6) is 11.5 Å². The first-order chi connectivity index (χ1) is 22.4. The Morgan fingerprint density at radius 1 is 0.830 bits per heavy atom. The average molecular weight is 643 g/mol. The monoisotopic (exact) mass is 642 g/mol. The third-order valence-corrected chi connectivity index (χ3v) is 14.5. The van der Waals surface area contributed by atoms with Crippen LogP contribution in [-0.2, 0) is 14.3 Å². The molecule has 0 saturated heterocycles. The predicted octanol–water partition coefficient (Wildman–Crippen LogP) is 10.0. The molecule has 0 aromatic heterocycles. The lowest BCUT2D eigenvalue weighted by molar-refractivity contribution is -0.162. The fraction of sp³-hybridized carbons (Fsp3) is 0.690. The number of rotatable bonds is 12. The van der Waals surface area contributed by atoms with Gasteiger partial charge in [0, 0.05) is 5.41 Å². The summed E-state index contributed by atoms with van der Waals surface area (Å²) < 4.78 is 19.3. The van der Waals surface area contributed by atoms with Gasteiger partial charge < -0.3 is 19.3 Å². The van der Waals surface area contributed by atoms with E-state index in [0.717, 1.165) is 54.2 Å². The second-order valence-corrected chi connectivity index (χ2v) is 17.2. The Morgan fingerprint density at radius 2 is 1.47 bits per heavy atom. The Balaban J connectivity index is 0.986. The van der Waals surface area contributed by atoms with E-state index in [9.17, 15) is 9.90 Å². The number of carbonyl (C=O) groups excluding carboxylic acids is 1. The van der Waals surface area contributed by atoms with Gasteiger partial charge in [-0.2, -0.15) is 0 Å². The minimum atomic E-state index is -0.263. The summed E-state index contributed by atoms with van der Waals surface area (Å²) in [4.78, 5) is 14.0. The first kappa shape index (κ1) is 33.0. The maximum absolute atomic E-state index is 14.0. The van der Waals surface area contributed by atoms with Crippen LogP contribution in [0.2, 0.25) is 0 Å². The van der Waals surface area contributed by atoms with Gasteiger partial charge in [0.25, 0.3) is 0 Å². The van der Waals surface area contributed by atoms with Crippen molar-refractivity contribution in [3.05, 3.63) is 59.7 Å². The second-order valence-electron chi connectivity index (χ2n) is 17.2. The van der Waals surface area contributed by atoms with Gasteiger partial charge in [0.2, 0.25) is 0 Å². The lowest BCUT2D eigenvalue weighted by Gasteiger charge is -2.39. The zero-order chi connectivity index (χ0) is 33.1. The van der Waals surface area contributed by atoms with Gasteiger partial charge >= 0.3 is 5.97 Å². The fourth-order valence-corrected chi connectivity index (χ4v) is 11.3. The lowest BCUT2D eigenvalue weighted by Crippen LogP contribution is -2.39. The van der Waals surface area contributed by atoms with Crippen molar-refractivity contribution in [2.75, 3.05) is 0 Å². The molecule has 47 heavy (non-hydrogen) atoms. The van der Waals surface area contributed by atoms with Crippen LogP contribution >= 0.6 is 0 Å². The molecular formula is C42H58O5. The summed E-state index contributed by atoms with van der Waals surface area (Å²) in [6, 6.07) is 15.8. The SMILES string of the molecule is CC(Oc1ccc(C(C)CC(CC(C)c2ccc(O)cc2)C(=O)OC2CC3CCC2(C)C3(C)C)cc1)OC1CC2CC1C1CCCC21. The van der Waals surface area contributed by atoms with Crippen molar-refractivity contribution in [2.24, 2.45) is 46.3 Å². The van der Waals surface area contributed by atoms with E-state index in [4.69, 9.17) is 14.2 Å². The summed E-state index contributed by atoms with van der Waals surface area (Å²) in [5, 5.41) is 9.82. The molecule has 0 aliphatic heterocycles. The molecule has 5 nitrogen and oxygen atoms in total. The normalized spacial score (nSPS) is 35.7. The van der Waals surface area contributed by atoms with Crippen molar-refractivity contribution in [1.82, 2.24) is 0 Å². The molecule has 2 aromatic rings. The van der Waals surface area contributed by atoms with E-state index in [-0.39, 0.29) is 52.7 Å². The second kappa shape index (κ2) is 12.7. The van der Waals surface area contributed by atoms with Crippen LogP contribution in [-0.4, -0.2) is 29.6 Å². The standard InChI is InChI=1S/C42H58O5/c1-25(28-10-14-33(43)15-11-28)20-31(40(44)47-39-24-32-18-19-42(39,6)41(32,4)5)21-26(2)29-12-16-34(17-13-29)45-27(3)46-38-23-30-22-37(38)36-9-7-8-35(30)36/h10-17,25-27,30-32,35-39,43H,7-9,18-24H2,1-6H3.